The summed E-state index contributed by atoms with van der Waals surface area (Å²) in [7, 11) is -5.70. The number of carbonyl (C=O) groups is 1. The molecule has 1 N–H and O–H groups in total. The van der Waals surface area contributed by atoms with Gasteiger partial charge in [0, 0.05) is 23.4 Å². The third-order valence-corrected chi connectivity index (χ3v) is 5.43. The Bertz CT molecular complexity index is 841. The number of amides is 1. The van der Waals surface area contributed by atoms with Crippen molar-refractivity contribution in [1.82, 2.24) is 10.3 Å². The molecule has 0 atom stereocenters. The number of alkyl halides is 3. The monoisotopic (exact) mass is 390 g/mol. The quantitative estimate of drug-likeness (QED) is 0.606. The number of hydrogen-bond acceptors (Lipinski definition) is 5. The van der Waals surface area contributed by atoms with E-state index in [1.807, 2.05) is 30.3 Å². The fourth-order valence-electron chi connectivity index (χ4n) is 1.83. The lowest BCUT2D eigenvalue weighted by atomic mass is 10.3. The molecule has 1 amide bonds. The van der Waals surface area contributed by atoms with Crippen molar-refractivity contribution in [2.75, 3.05) is 12.3 Å². The molecule has 0 radical (unpaired) electrons. The predicted octanol–water partition coefficient (Wildman–Crippen LogP) is 2.90. The number of rotatable bonds is 6. The first-order valence-corrected chi connectivity index (χ1v) is 9.43. The Morgan fingerprint density at radius 2 is 1.80 bits per heavy atom. The molecule has 0 saturated carbocycles. The van der Waals surface area contributed by atoms with Crippen molar-refractivity contribution in [3.63, 3.8) is 0 Å². The highest BCUT2D eigenvalue weighted by atomic mass is 32.2. The first-order chi connectivity index (χ1) is 11.7. The molecule has 0 unspecified atom stereocenters. The topological polar surface area (TPSA) is 76.1 Å². The average Bonchev–Trinajstić information content (AvgIpc) is 2.58. The molecule has 0 aliphatic rings. The highest BCUT2D eigenvalue weighted by Gasteiger charge is 2.49. The highest BCUT2D eigenvalue weighted by molar-refractivity contribution is 7.99. The average molecular weight is 390 g/mol. The van der Waals surface area contributed by atoms with Gasteiger partial charge < -0.3 is 5.32 Å². The smallest absolute Gasteiger partial charge is 0.351 e. The maximum absolute atomic E-state index is 12.7. The van der Waals surface area contributed by atoms with Gasteiger partial charge in [0.1, 0.15) is 0 Å². The zero-order valence-electron chi connectivity index (χ0n) is 12.7. The summed E-state index contributed by atoms with van der Waals surface area (Å²) in [6.07, 6.45) is 0.890. The maximum Gasteiger partial charge on any atom is 0.503 e. The van der Waals surface area contributed by atoms with Gasteiger partial charge in [-0.1, -0.05) is 18.2 Å². The number of aromatic nitrogens is 1. The van der Waals surface area contributed by atoms with E-state index in [2.05, 4.69) is 10.3 Å². The van der Waals surface area contributed by atoms with E-state index in [0.717, 1.165) is 17.2 Å². The van der Waals surface area contributed by atoms with E-state index in [-0.39, 0.29) is 6.54 Å². The van der Waals surface area contributed by atoms with Crippen LogP contribution in [0.2, 0.25) is 0 Å². The molecule has 1 aromatic carbocycles. The molecule has 25 heavy (non-hydrogen) atoms. The van der Waals surface area contributed by atoms with Crippen molar-refractivity contribution in [3.05, 3.63) is 54.2 Å². The predicted molar refractivity (Wildman–Crippen MR) is 87.0 cm³/mol. The Labute approximate surface area is 146 Å². The molecule has 1 heterocycles. The molecule has 5 nitrogen and oxygen atoms in total. The molecule has 0 aliphatic carbocycles. The lowest BCUT2D eigenvalue weighted by Crippen LogP contribution is -2.31. The second kappa shape index (κ2) is 7.87. The van der Waals surface area contributed by atoms with Crippen LogP contribution in [0.4, 0.5) is 13.2 Å². The second-order valence-corrected chi connectivity index (χ2v) is 7.75. The summed E-state index contributed by atoms with van der Waals surface area (Å²) < 4.78 is 61.1. The number of carbonyl (C=O) groups excluding carboxylic acids is 1. The summed E-state index contributed by atoms with van der Waals surface area (Å²) in [4.78, 5) is 16.3. The second-order valence-electron chi connectivity index (χ2n) is 4.72. The zero-order chi connectivity index (χ0) is 18.5. The van der Waals surface area contributed by atoms with Crippen molar-refractivity contribution in [2.24, 2.45) is 0 Å². The van der Waals surface area contributed by atoms with E-state index < -0.39 is 31.8 Å². The third kappa shape index (κ3) is 4.73. The summed E-state index contributed by atoms with van der Waals surface area (Å²) >= 11 is 1.44. The van der Waals surface area contributed by atoms with E-state index in [0.29, 0.717) is 5.75 Å². The zero-order valence-corrected chi connectivity index (χ0v) is 14.3. The number of nitrogens with zero attached hydrogens (tertiary/aromatic N) is 1. The molecule has 2 rings (SSSR count). The number of pyridine rings is 1. The summed E-state index contributed by atoms with van der Waals surface area (Å²) in [5.74, 6) is -0.457. The van der Waals surface area contributed by atoms with Gasteiger partial charge >= 0.3 is 5.51 Å². The Morgan fingerprint density at radius 1 is 1.12 bits per heavy atom. The van der Waals surface area contributed by atoms with Gasteiger partial charge in [0.25, 0.3) is 15.7 Å². The molecule has 0 bridgehead atoms. The van der Waals surface area contributed by atoms with Crippen LogP contribution in [0.5, 0.6) is 0 Å². The van der Waals surface area contributed by atoms with Gasteiger partial charge in [0.05, 0.1) is 5.56 Å². The number of hydrogen-bond donors (Lipinski definition) is 1. The molecule has 10 heteroatoms. The Balaban J connectivity index is 2.05. The van der Waals surface area contributed by atoms with Crippen molar-refractivity contribution >= 4 is 27.5 Å². The van der Waals surface area contributed by atoms with Crippen LogP contribution in [0.3, 0.4) is 0 Å². The van der Waals surface area contributed by atoms with E-state index in [1.54, 1.807) is 0 Å². The van der Waals surface area contributed by atoms with Crippen LogP contribution in [0.25, 0.3) is 0 Å². The summed E-state index contributed by atoms with van der Waals surface area (Å²) in [5, 5.41) is 1.11. The van der Waals surface area contributed by atoms with Crippen LogP contribution < -0.4 is 5.32 Å². The van der Waals surface area contributed by atoms with E-state index >= 15 is 0 Å². The minimum atomic E-state index is -5.70. The first kappa shape index (κ1) is 19.3. The molecular weight excluding hydrogens is 377 g/mol. The summed E-state index contributed by atoms with van der Waals surface area (Å²) in [6, 6.07) is 11.5. The molecule has 0 spiro atoms. The minimum Gasteiger partial charge on any atom is -0.351 e. The highest BCUT2D eigenvalue weighted by Crippen LogP contribution is 2.30. The fourth-order valence-corrected chi connectivity index (χ4v) is 3.49. The Morgan fingerprint density at radius 3 is 2.44 bits per heavy atom. The number of sulfone groups is 1. The van der Waals surface area contributed by atoms with Crippen LogP contribution in [0.1, 0.15) is 10.4 Å². The molecular formula is C15H13F3N2O3S2. The van der Waals surface area contributed by atoms with Crippen LogP contribution in [0.15, 0.2) is 58.6 Å². The van der Waals surface area contributed by atoms with Crippen LogP contribution in [0, 0.1) is 0 Å². The van der Waals surface area contributed by atoms with E-state index in [9.17, 15) is 26.4 Å². The summed E-state index contributed by atoms with van der Waals surface area (Å²) in [6.45, 7) is 0.152. The largest absolute Gasteiger partial charge is 0.503 e. The van der Waals surface area contributed by atoms with Gasteiger partial charge in [-0.25, -0.2) is 13.4 Å². The maximum atomic E-state index is 12.7. The van der Waals surface area contributed by atoms with Crippen molar-refractivity contribution < 1.29 is 26.4 Å². The van der Waals surface area contributed by atoms with Gasteiger partial charge in [-0.3, -0.25) is 4.79 Å². The third-order valence-electron chi connectivity index (χ3n) is 2.97. The van der Waals surface area contributed by atoms with Gasteiger partial charge in [-0.05, 0) is 24.3 Å². The van der Waals surface area contributed by atoms with Crippen LogP contribution >= 0.6 is 11.8 Å². The number of benzene rings is 1. The molecule has 2 aromatic rings. The normalized spacial score (nSPS) is 12.0. The minimum absolute atomic E-state index is 0.152. The molecule has 0 fully saturated rings. The van der Waals surface area contributed by atoms with E-state index in [4.69, 9.17) is 0 Å². The standard InChI is InChI=1S/C15H13F3N2O3S2/c16-15(17,18)25(22,23)14-12(7-4-8-20-14)13(21)19-9-10-24-11-5-2-1-3-6-11/h1-8H,9-10H2,(H,19,21). The van der Waals surface area contributed by atoms with Gasteiger partial charge in [-0.2, -0.15) is 13.2 Å². The van der Waals surface area contributed by atoms with Gasteiger partial charge in [0.2, 0.25) is 0 Å². The van der Waals surface area contributed by atoms with Crippen molar-refractivity contribution in [2.45, 2.75) is 15.4 Å². The molecule has 0 saturated heterocycles. The number of thioether (sulfide) groups is 1. The lowest BCUT2D eigenvalue weighted by molar-refractivity contribution is -0.0438. The molecule has 0 aliphatic heterocycles. The SMILES string of the molecule is O=C(NCCSc1ccccc1)c1cccnc1S(=O)(=O)C(F)(F)F. The summed E-state index contributed by atoms with van der Waals surface area (Å²) in [5.41, 5.74) is -6.16. The van der Waals surface area contributed by atoms with Crippen molar-refractivity contribution in [3.8, 4) is 0 Å². The van der Waals surface area contributed by atoms with Gasteiger partial charge in [-0.15, -0.1) is 11.8 Å². The van der Waals surface area contributed by atoms with Crippen molar-refractivity contribution in [1.29, 1.82) is 0 Å². The molecule has 1 aromatic heterocycles. The number of nitrogens with one attached hydrogen (secondary N) is 1. The van der Waals surface area contributed by atoms with Crippen LogP contribution in [-0.4, -0.2) is 37.1 Å². The number of halogens is 3. The van der Waals surface area contributed by atoms with E-state index in [1.165, 1.54) is 17.8 Å². The lowest BCUT2D eigenvalue weighted by Gasteiger charge is -2.11. The first-order valence-electron chi connectivity index (χ1n) is 6.96. The Hall–Kier alpha value is -2.07. The van der Waals surface area contributed by atoms with Gasteiger partial charge in [0.15, 0.2) is 5.03 Å². The molecule has 134 valence electrons. The Kier molecular flexibility index (Phi) is 6.07. The van der Waals surface area contributed by atoms with Crippen LogP contribution in [-0.2, 0) is 9.84 Å². The fraction of sp³-hybridized carbons (Fsp3) is 0.200.